The van der Waals surface area contributed by atoms with Gasteiger partial charge in [-0.25, -0.2) is 4.98 Å². The van der Waals surface area contributed by atoms with Crippen molar-refractivity contribution in [1.29, 1.82) is 0 Å². The van der Waals surface area contributed by atoms with Gasteiger partial charge in [0, 0.05) is 23.7 Å². The minimum absolute atomic E-state index is 0.501. The molecule has 2 N–H and O–H groups in total. The van der Waals surface area contributed by atoms with Gasteiger partial charge in [-0.15, -0.1) is 10.2 Å². The van der Waals surface area contributed by atoms with Crippen LogP contribution in [0, 0.1) is 0 Å². The van der Waals surface area contributed by atoms with Crippen molar-refractivity contribution < 1.29 is 0 Å². The Hall–Kier alpha value is -3.05. The Morgan fingerprint density at radius 2 is 1.70 bits per heavy atom. The van der Waals surface area contributed by atoms with Crippen molar-refractivity contribution in [1.82, 2.24) is 19.6 Å². The average Bonchev–Trinajstić information content (AvgIpc) is 3.05. The average molecular weight is 301 g/mol. The van der Waals surface area contributed by atoms with Crippen molar-refractivity contribution in [2.24, 2.45) is 5.73 Å². The number of hydrogen-bond donors (Lipinski definition) is 1. The molecule has 2 heterocycles. The summed E-state index contributed by atoms with van der Waals surface area (Å²) in [4.78, 5) is 4.54. The Bertz CT molecular complexity index is 959. The van der Waals surface area contributed by atoms with Crippen LogP contribution in [-0.2, 0) is 6.54 Å². The van der Waals surface area contributed by atoms with E-state index in [0.717, 1.165) is 33.9 Å². The summed E-state index contributed by atoms with van der Waals surface area (Å²) in [6, 6.07) is 20.0. The molecule has 0 aliphatic heterocycles. The third-order valence-electron chi connectivity index (χ3n) is 3.79. The van der Waals surface area contributed by atoms with Crippen LogP contribution in [0.25, 0.3) is 28.3 Å². The molecule has 0 saturated carbocycles. The van der Waals surface area contributed by atoms with Crippen molar-refractivity contribution in [3.05, 3.63) is 72.6 Å². The molecule has 0 aliphatic rings. The Morgan fingerprint density at radius 1 is 0.870 bits per heavy atom. The van der Waals surface area contributed by atoms with E-state index in [1.54, 1.807) is 6.33 Å². The second kappa shape index (κ2) is 5.62. The van der Waals surface area contributed by atoms with Crippen LogP contribution < -0.4 is 5.73 Å². The lowest BCUT2D eigenvalue weighted by atomic mass is 10.1. The fraction of sp³-hybridized carbons (Fsp3) is 0.0556. The van der Waals surface area contributed by atoms with Crippen molar-refractivity contribution in [3.63, 3.8) is 0 Å². The number of aromatic nitrogens is 4. The largest absolute Gasteiger partial charge is 0.326 e. The summed E-state index contributed by atoms with van der Waals surface area (Å²) in [6.45, 7) is 0.501. The van der Waals surface area contributed by atoms with E-state index >= 15 is 0 Å². The van der Waals surface area contributed by atoms with Crippen LogP contribution in [0.2, 0.25) is 0 Å². The lowest BCUT2D eigenvalue weighted by molar-refractivity contribution is 1.06. The second-order valence-corrected chi connectivity index (χ2v) is 5.30. The van der Waals surface area contributed by atoms with Crippen molar-refractivity contribution >= 4 is 5.65 Å². The highest BCUT2D eigenvalue weighted by atomic mass is 15.3. The Kier molecular flexibility index (Phi) is 3.33. The third-order valence-corrected chi connectivity index (χ3v) is 3.79. The summed E-state index contributed by atoms with van der Waals surface area (Å²) in [6.07, 6.45) is 1.77. The summed E-state index contributed by atoms with van der Waals surface area (Å²) in [5.74, 6) is 0.766. The Labute approximate surface area is 133 Å². The summed E-state index contributed by atoms with van der Waals surface area (Å²) in [7, 11) is 0. The number of fused-ring (bicyclic) bond motifs is 1. The highest BCUT2D eigenvalue weighted by molar-refractivity contribution is 5.66. The van der Waals surface area contributed by atoms with E-state index in [2.05, 4.69) is 15.2 Å². The highest BCUT2D eigenvalue weighted by Crippen LogP contribution is 2.22. The maximum absolute atomic E-state index is 5.71. The first-order valence-corrected chi connectivity index (χ1v) is 7.41. The predicted molar refractivity (Wildman–Crippen MR) is 89.5 cm³/mol. The van der Waals surface area contributed by atoms with E-state index in [9.17, 15) is 0 Å². The number of benzene rings is 2. The first-order chi connectivity index (χ1) is 11.3. The molecule has 0 saturated heterocycles. The van der Waals surface area contributed by atoms with E-state index in [-0.39, 0.29) is 0 Å². The minimum atomic E-state index is 0.501. The molecule has 4 aromatic rings. The van der Waals surface area contributed by atoms with Gasteiger partial charge in [0.15, 0.2) is 11.5 Å². The van der Waals surface area contributed by atoms with Gasteiger partial charge in [0.1, 0.15) is 6.33 Å². The van der Waals surface area contributed by atoms with E-state index in [1.807, 2.05) is 65.1 Å². The van der Waals surface area contributed by atoms with Crippen LogP contribution in [0.3, 0.4) is 0 Å². The molecule has 0 radical (unpaired) electrons. The van der Waals surface area contributed by atoms with Crippen molar-refractivity contribution in [3.8, 4) is 22.6 Å². The molecule has 0 amide bonds. The van der Waals surface area contributed by atoms with Crippen LogP contribution in [-0.4, -0.2) is 19.6 Å². The van der Waals surface area contributed by atoms with Gasteiger partial charge in [-0.05, 0) is 11.6 Å². The van der Waals surface area contributed by atoms with Crippen LogP contribution in [0.15, 0.2) is 67.0 Å². The molecule has 0 atom stereocenters. The van der Waals surface area contributed by atoms with Gasteiger partial charge < -0.3 is 5.73 Å². The quantitative estimate of drug-likeness (QED) is 0.631. The van der Waals surface area contributed by atoms with Gasteiger partial charge in [0.25, 0.3) is 0 Å². The molecule has 0 spiro atoms. The second-order valence-electron chi connectivity index (χ2n) is 5.30. The number of nitrogens with two attached hydrogens (primary N) is 1. The molecular formula is C18H15N5. The molecule has 0 bridgehead atoms. The van der Waals surface area contributed by atoms with Crippen LogP contribution >= 0.6 is 0 Å². The molecule has 0 aliphatic carbocycles. The number of nitrogens with zero attached hydrogens (tertiary/aromatic N) is 4. The van der Waals surface area contributed by atoms with Crippen LogP contribution in [0.5, 0.6) is 0 Å². The van der Waals surface area contributed by atoms with E-state index in [1.165, 1.54) is 0 Å². The lowest BCUT2D eigenvalue weighted by Gasteiger charge is -2.04. The van der Waals surface area contributed by atoms with Gasteiger partial charge in [-0.2, -0.15) is 0 Å². The van der Waals surface area contributed by atoms with Crippen LogP contribution in [0.4, 0.5) is 0 Å². The number of hydrogen-bond acceptors (Lipinski definition) is 4. The third kappa shape index (κ3) is 2.47. The number of rotatable bonds is 3. The first-order valence-electron chi connectivity index (χ1n) is 7.41. The SMILES string of the molecule is NCc1cccc(-c2nnc3cc(-c4ccccc4)ncn23)c1. The summed E-state index contributed by atoms with van der Waals surface area (Å²) < 4.78 is 1.89. The molecule has 5 heteroatoms. The summed E-state index contributed by atoms with van der Waals surface area (Å²) >= 11 is 0. The van der Waals surface area contributed by atoms with E-state index in [4.69, 9.17) is 5.73 Å². The predicted octanol–water partition coefficient (Wildman–Crippen LogP) is 2.92. The normalized spacial score (nSPS) is 11.0. The van der Waals surface area contributed by atoms with Gasteiger partial charge in [-0.3, -0.25) is 4.40 Å². The first kappa shape index (κ1) is 13.6. The molecule has 23 heavy (non-hydrogen) atoms. The zero-order valence-corrected chi connectivity index (χ0v) is 12.4. The molecular weight excluding hydrogens is 286 g/mol. The van der Waals surface area contributed by atoms with Crippen LogP contribution in [0.1, 0.15) is 5.56 Å². The molecule has 112 valence electrons. The molecule has 4 rings (SSSR count). The topological polar surface area (TPSA) is 69.1 Å². The Balaban J connectivity index is 1.81. The lowest BCUT2D eigenvalue weighted by Crippen LogP contribution is -1.97. The molecule has 2 aromatic heterocycles. The van der Waals surface area contributed by atoms with Gasteiger partial charge in [0.2, 0.25) is 0 Å². The minimum Gasteiger partial charge on any atom is -0.326 e. The Morgan fingerprint density at radius 3 is 2.52 bits per heavy atom. The maximum Gasteiger partial charge on any atom is 0.169 e. The summed E-state index contributed by atoms with van der Waals surface area (Å²) in [5, 5.41) is 8.59. The molecule has 0 fully saturated rings. The standard InChI is InChI=1S/C18H15N5/c19-11-13-5-4-8-15(9-13)18-22-21-17-10-16(20-12-23(17)18)14-6-2-1-3-7-14/h1-10,12H,11,19H2. The monoisotopic (exact) mass is 301 g/mol. The molecule has 2 aromatic carbocycles. The van der Waals surface area contributed by atoms with E-state index < -0.39 is 0 Å². The fourth-order valence-electron chi connectivity index (χ4n) is 2.60. The summed E-state index contributed by atoms with van der Waals surface area (Å²) in [5.41, 5.74) is 10.5. The molecule has 0 unspecified atom stereocenters. The van der Waals surface area contributed by atoms with Crippen molar-refractivity contribution in [2.75, 3.05) is 0 Å². The zero-order chi connectivity index (χ0) is 15.6. The maximum atomic E-state index is 5.71. The van der Waals surface area contributed by atoms with Gasteiger partial charge in [-0.1, -0.05) is 48.5 Å². The van der Waals surface area contributed by atoms with Gasteiger partial charge >= 0.3 is 0 Å². The smallest absolute Gasteiger partial charge is 0.169 e. The van der Waals surface area contributed by atoms with Crippen molar-refractivity contribution in [2.45, 2.75) is 6.54 Å². The fourth-order valence-corrected chi connectivity index (χ4v) is 2.60. The highest BCUT2D eigenvalue weighted by Gasteiger charge is 2.10. The zero-order valence-electron chi connectivity index (χ0n) is 12.4. The van der Waals surface area contributed by atoms with E-state index in [0.29, 0.717) is 6.54 Å². The molecule has 5 nitrogen and oxygen atoms in total. The van der Waals surface area contributed by atoms with Gasteiger partial charge in [0.05, 0.1) is 5.69 Å².